The molecule has 0 amide bonds. The molecule has 76 valence electrons. The third-order valence-corrected chi connectivity index (χ3v) is 2.38. The van der Waals surface area contributed by atoms with Crippen molar-refractivity contribution in [3.05, 3.63) is 41.0 Å². The molecule has 0 aliphatic rings. The Morgan fingerprint density at radius 2 is 2.13 bits per heavy atom. The van der Waals surface area contributed by atoms with Crippen molar-refractivity contribution in [1.29, 1.82) is 0 Å². The van der Waals surface area contributed by atoms with Crippen molar-refractivity contribution >= 4 is 21.7 Å². The molecule has 0 fully saturated rings. The summed E-state index contributed by atoms with van der Waals surface area (Å²) in [5.41, 5.74) is 3.43. The van der Waals surface area contributed by atoms with E-state index in [2.05, 4.69) is 31.3 Å². The number of nitrogens with two attached hydrogens (primary N) is 1. The van der Waals surface area contributed by atoms with Crippen molar-refractivity contribution in [2.24, 2.45) is 5.84 Å². The highest BCUT2D eigenvalue weighted by Crippen LogP contribution is 2.20. The van der Waals surface area contributed by atoms with Crippen molar-refractivity contribution in [2.75, 3.05) is 5.43 Å². The summed E-state index contributed by atoms with van der Waals surface area (Å²) in [4.78, 5) is 8.41. The topological polar surface area (TPSA) is 63.8 Å². The molecule has 0 aliphatic heterocycles. The molecule has 0 atom stereocenters. The summed E-state index contributed by atoms with van der Waals surface area (Å²) in [6.45, 7) is 0. The summed E-state index contributed by atoms with van der Waals surface area (Å²) in [5, 5.41) is 0. The SMILES string of the molecule is NNc1ccnc(-c2cccc(Br)c2)n1. The van der Waals surface area contributed by atoms with Gasteiger partial charge in [0, 0.05) is 22.3 Å². The highest BCUT2D eigenvalue weighted by molar-refractivity contribution is 9.10. The minimum atomic E-state index is 0.597. The third kappa shape index (κ3) is 2.31. The number of nitrogens with one attached hydrogen (secondary N) is 1. The summed E-state index contributed by atoms with van der Waals surface area (Å²) >= 11 is 3.40. The lowest BCUT2D eigenvalue weighted by atomic mass is 10.2. The summed E-state index contributed by atoms with van der Waals surface area (Å²) < 4.78 is 0.995. The molecule has 0 unspecified atom stereocenters. The first kappa shape index (κ1) is 10.1. The van der Waals surface area contributed by atoms with Crippen LogP contribution in [0.25, 0.3) is 11.4 Å². The van der Waals surface area contributed by atoms with Crippen molar-refractivity contribution < 1.29 is 0 Å². The van der Waals surface area contributed by atoms with E-state index in [1.165, 1.54) is 0 Å². The molecular weight excluding hydrogens is 256 g/mol. The predicted molar refractivity (Wildman–Crippen MR) is 63.0 cm³/mol. The van der Waals surface area contributed by atoms with E-state index in [4.69, 9.17) is 5.84 Å². The van der Waals surface area contributed by atoms with E-state index in [0.29, 0.717) is 11.6 Å². The molecule has 15 heavy (non-hydrogen) atoms. The number of nitrogens with zero attached hydrogens (tertiary/aromatic N) is 2. The zero-order valence-corrected chi connectivity index (χ0v) is 9.40. The Bertz CT molecular complexity index is 472. The van der Waals surface area contributed by atoms with Crippen molar-refractivity contribution in [3.8, 4) is 11.4 Å². The second-order valence-electron chi connectivity index (χ2n) is 2.92. The molecule has 5 heteroatoms. The number of halogens is 1. The maximum atomic E-state index is 5.28. The molecule has 1 aromatic heterocycles. The standard InChI is InChI=1S/C10H9BrN4/c11-8-3-1-2-7(6-8)10-13-5-4-9(14-10)15-12/h1-6H,12H2,(H,13,14,15). The first-order valence-electron chi connectivity index (χ1n) is 4.35. The largest absolute Gasteiger partial charge is 0.308 e. The molecule has 0 saturated heterocycles. The van der Waals surface area contributed by atoms with Gasteiger partial charge >= 0.3 is 0 Å². The van der Waals surface area contributed by atoms with Crippen LogP contribution in [0.3, 0.4) is 0 Å². The van der Waals surface area contributed by atoms with E-state index in [1.54, 1.807) is 12.3 Å². The molecule has 2 aromatic rings. The predicted octanol–water partition coefficient (Wildman–Crippen LogP) is 2.19. The first-order valence-corrected chi connectivity index (χ1v) is 5.14. The number of rotatable bonds is 2. The minimum Gasteiger partial charge on any atom is -0.308 e. The third-order valence-electron chi connectivity index (χ3n) is 1.89. The minimum absolute atomic E-state index is 0.597. The fraction of sp³-hybridized carbons (Fsp3) is 0. The van der Waals surface area contributed by atoms with Crippen LogP contribution in [0.15, 0.2) is 41.0 Å². The van der Waals surface area contributed by atoms with E-state index >= 15 is 0 Å². The molecule has 1 aromatic carbocycles. The van der Waals surface area contributed by atoms with E-state index < -0.39 is 0 Å². The smallest absolute Gasteiger partial charge is 0.161 e. The summed E-state index contributed by atoms with van der Waals surface area (Å²) in [6, 6.07) is 9.50. The summed E-state index contributed by atoms with van der Waals surface area (Å²) in [6.07, 6.45) is 1.67. The number of hydrogen-bond acceptors (Lipinski definition) is 4. The first-order chi connectivity index (χ1) is 7.29. The van der Waals surface area contributed by atoms with Crippen LogP contribution in [0.1, 0.15) is 0 Å². The highest BCUT2D eigenvalue weighted by atomic mass is 79.9. The summed E-state index contributed by atoms with van der Waals surface area (Å²) in [7, 11) is 0. The van der Waals surface area contributed by atoms with Crippen molar-refractivity contribution in [3.63, 3.8) is 0 Å². The summed E-state index contributed by atoms with van der Waals surface area (Å²) in [5.74, 6) is 6.52. The normalized spacial score (nSPS) is 10.0. The maximum Gasteiger partial charge on any atom is 0.161 e. The second kappa shape index (κ2) is 4.37. The molecule has 3 N–H and O–H groups in total. The van der Waals surface area contributed by atoms with Crippen LogP contribution in [0.2, 0.25) is 0 Å². The Balaban J connectivity index is 2.44. The lowest BCUT2D eigenvalue weighted by Crippen LogP contribution is -2.09. The molecule has 0 spiro atoms. The van der Waals surface area contributed by atoms with Gasteiger partial charge in [-0.2, -0.15) is 0 Å². The molecule has 2 rings (SSSR count). The van der Waals surface area contributed by atoms with Crippen LogP contribution < -0.4 is 11.3 Å². The van der Waals surface area contributed by atoms with Gasteiger partial charge in [0.1, 0.15) is 5.82 Å². The molecule has 0 aliphatic carbocycles. The molecule has 1 heterocycles. The zero-order chi connectivity index (χ0) is 10.7. The van der Waals surface area contributed by atoms with Crippen LogP contribution in [0.4, 0.5) is 5.82 Å². The van der Waals surface area contributed by atoms with E-state index in [1.807, 2.05) is 24.3 Å². The highest BCUT2D eigenvalue weighted by Gasteiger charge is 2.01. The van der Waals surface area contributed by atoms with Gasteiger partial charge in [-0.05, 0) is 12.1 Å². The monoisotopic (exact) mass is 264 g/mol. The Labute approximate surface area is 95.7 Å². The van der Waals surface area contributed by atoms with Gasteiger partial charge in [-0.15, -0.1) is 0 Å². The lowest BCUT2D eigenvalue weighted by molar-refractivity contribution is 1.14. The average molecular weight is 265 g/mol. The average Bonchev–Trinajstić information content (AvgIpc) is 2.29. The van der Waals surface area contributed by atoms with Gasteiger partial charge in [-0.25, -0.2) is 15.8 Å². The Morgan fingerprint density at radius 1 is 1.27 bits per heavy atom. The van der Waals surface area contributed by atoms with Crippen LogP contribution in [0, 0.1) is 0 Å². The van der Waals surface area contributed by atoms with Gasteiger partial charge < -0.3 is 5.43 Å². The van der Waals surface area contributed by atoms with Crippen LogP contribution in [-0.4, -0.2) is 9.97 Å². The second-order valence-corrected chi connectivity index (χ2v) is 3.84. The van der Waals surface area contributed by atoms with Gasteiger partial charge in [0.05, 0.1) is 0 Å². The molecule has 0 radical (unpaired) electrons. The number of hydrazine groups is 1. The fourth-order valence-corrected chi connectivity index (χ4v) is 1.60. The van der Waals surface area contributed by atoms with Gasteiger partial charge in [-0.3, -0.25) is 0 Å². The Kier molecular flexibility index (Phi) is 2.94. The van der Waals surface area contributed by atoms with Crippen molar-refractivity contribution in [1.82, 2.24) is 9.97 Å². The molecule has 0 saturated carbocycles. The van der Waals surface area contributed by atoms with Gasteiger partial charge in [-0.1, -0.05) is 28.1 Å². The number of anilines is 1. The number of benzene rings is 1. The van der Waals surface area contributed by atoms with Crippen molar-refractivity contribution in [2.45, 2.75) is 0 Å². The van der Waals surface area contributed by atoms with Gasteiger partial charge in [0.2, 0.25) is 0 Å². The Hall–Kier alpha value is -1.46. The quantitative estimate of drug-likeness (QED) is 0.645. The van der Waals surface area contributed by atoms with Crippen LogP contribution in [-0.2, 0) is 0 Å². The van der Waals surface area contributed by atoms with E-state index in [0.717, 1.165) is 10.0 Å². The number of aromatic nitrogens is 2. The van der Waals surface area contributed by atoms with Crippen LogP contribution in [0.5, 0.6) is 0 Å². The number of nitrogen functional groups attached to an aromatic ring is 1. The van der Waals surface area contributed by atoms with Crippen LogP contribution >= 0.6 is 15.9 Å². The van der Waals surface area contributed by atoms with E-state index in [-0.39, 0.29) is 0 Å². The molecule has 4 nitrogen and oxygen atoms in total. The van der Waals surface area contributed by atoms with Gasteiger partial charge in [0.15, 0.2) is 5.82 Å². The molecular formula is C10H9BrN4. The zero-order valence-electron chi connectivity index (χ0n) is 7.81. The maximum absolute atomic E-state index is 5.28. The lowest BCUT2D eigenvalue weighted by Gasteiger charge is -2.02. The Morgan fingerprint density at radius 3 is 2.87 bits per heavy atom. The number of hydrogen-bond donors (Lipinski definition) is 2. The fourth-order valence-electron chi connectivity index (χ4n) is 1.21. The van der Waals surface area contributed by atoms with E-state index in [9.17, 15) is 0 Å². The van der Waals surface area contributed by atoms with Gasteiger partial charge in [0.25, 0.3) is 0 Å². The molecule has 0 bridgehead atoms.